The van der Waals surface area contributed by atoms with Crippen LogP contribution in [0, 0.1) is 6.92 Å². The Morgan fingerprint density at radius 2 is 2.22 bits per heavy atom. The molecule has 0 bridgehead atoms. The van der Waals surface area contributed by atoms with Gasteiger partial charge in [-0.2, -0.15) is 0 Å². The van der Waals surface area contributed by atoms with Crippen LogP contribution in [0.1, 0.15) is 10.4 Å². The average Bonchev–Trinajstić information content (AvgIpc) is 2.73. The van der Waals surface area contributed by atoms with Gasteiger partial charge in [-0.25, -0.2) is 0 Å². The van der Waals surface area contributed by atoms with Gasteiger partial charge in [-0.05, 0) is 52.7 Å². The number of amides is 1. The molecule has 92 valence electrons. The molecule has 0 aliphatic heterocycles. The fourth-order valence-electron chi connectivity index (χ4n) is 1.48. The Labute approximate surface area is 118 Å². The standard InChI is InChI=1S/C14H12BrNOS/c1-10-3-2-4-12(7-10)16-14(17)6-5-13-8-11(15)9-18-13/h2-9H,1H3,(H,16,17)/b6-5+. The number of benzene rings is 1. The van der Waals surface area contributed by atoms with Crippen LogP contribution in [-0.4, -0.2) is 5.91 Å². The summed E-state index contributed by atoms with van der Waals surface area (Å²) in [5.74, 6) is -0.120. The number of carbonyl (C=O) groups excluding carboxylic acids is 1. The number of halogens is 1. The highest BCUT2D eigenvalue weighted by Gasteiger charge is 1.98. The maximum absolute atomic E-state index is 11.7. The van der Waals surface area contributed by atoms with E-state index in [0.717, 1.165) is 20.6 Å². The summed E-state index contributed by atoms with van der Waals surface area (Å²) in [6.07, 6.45) is 3.35. The monoisotopic (exact) mass is 321 g/mol. The minimum Gasteiger partial charge on any atom is -0.323 e. The van der Waals surface area contributed by atoms with E-state index >= 15 is 0 Å². The van der Waals surface area contributed by atoms with Crippen molar-refractivity contribution in [1.82, 2.24) is 0 Å². The second-order valence-electron chi connectivity index (χ2n) is 3.86. The van der Waals surface area contributed by atoms with E-state index in [9.17, 15) is 4.79 Å². The van der Waals surface area contributed by atoms with Crippen molar-refractivity contribution in [3.05, 3.63) is 56.7 Å². The molecule has 0 spiro atoms. The quantitative estimate of drug-likeness (QED) is 0.830. The Bertz CT molecular complexity index is 589. The predicted octanol–water partition coefficient (Wildman–Crippen LogP) is 4.47. The third-order valence-corrected chi connectivity index (χ3v) is 3.93. The number of hydrogen-bond donors (Lipinski definition) is 1. The summed E-state index contributed by atoms with van der Waals surface area (Å²) >= 11 is 4.96. The molecule has 2 nitrogen and oxygen atoms in total. The van der Waals surface area contributed by atoms with Gasteiger partial charge in [0.1, 0.15) is 0 Å². The van der Waals surface area contributed by atoms with Gasteiger partial charge in [-0.3, -0.25) is 4.79 Å². The average molecular weight is 322 g/mol. The van der Waals surface area contributed by atoms with Crippen LogP contribution >= 0.6 is 27.3 Å². The first kappa shape index (κ1) is 13.1. The Morgan fingerprint density at radius 3 is 2.89 bits per heavy atom. The van der Waals surface area contributed by atoms with E-state index in [1.54, 1.807) is 23.5 Å². The van der Waals surface area contributed by atoms with Crippen LogP contribution in [0.2, 0.25) is 0 Å². The molecule has 0 saturated heterocycles. The van der Waals surface area contributed by atoms with Gasteiger partial charge in [0.15, 0.2) is 0 Å². The topological polar surface area (TPSA) is 29.1 Å². The van der Waals surface area contributed by atoms with E-state index in [1.165, 1.54) is 0 Å². The Balaban J connectivity index is 1.98. The lowest BCUT2D eigenvalue weighted by atomic mass is 10.2. The van der Waals surface area contributed by atoms with Crippen molar-refractivity contribution in [2.75, 3.05) is 5.32 Å². The van der Waals surface area contributed by atoms with E-state index in [1.807, 2.05) is 42.6 Å². The fraction of sp³-hybridized carbons (Fsp3) is 0.0714. The zero-order valence-corrected chi connectivity index (χ0v) is 12.2. The largest absolute Gasteiger partial charge is 0.323 e. The number of carbonyl (C=O) groups is 1. The van der Waals surface area contributed by atoms with Crippen LogP contribution < -0.4 is 5.32 Å². The molecule has 1 heterocycles. The normalized spacial score (nSPS) is 10.8. The minimum absolute atomic E-state index is 0.120. The van der Waals surface area contributed by atoms with E-state index in [2.05, 4.69) is 21.2 Å². The molecule has 0 saturated carbocycles. The van der Waals surface area contributed by atoms with Crippen molar-refractivity contribution in [2.45, 2.75) is 6.92 Å². The summed E-state index contributed by atoms with van der Waals surface area (Å²) in [7, 11) is 0. The van der Waals surface area contributed by atoms with E-state index in [0.29, 0.717) is 0 Å². The number of hydrogen-bond acceptors (Lipinski definition) is 2. The van der Waals surface area contributed by atoms with Crippen LogP contribution in [0.25, 0.3) is 6.08 Å². The molecule has 2 rings (SSSR count). The molecular formula is C14H12BrNOS. The zero-order chi connectivity index (χ0) is 13.0. The second-order valence-corrected chi connectivity index (χ2v) is 5.72. The number of aryl methyl sites for hydroxylation is 1. The highest BCUT2D eigenvalue weighted by atomic mass is 79.9. The second kappa shape index (κ2) is 5.98. The molecule has 1 aromatic carbocycles. The lowest BCUT2D eigenvalue weighted by Gasteiger charge is -2.02. The Hall–Kier alpha value is -1.39. The maximum Gasteiger partial charge on any atom is 0.248 e. The SMILES string of the molecule is Cc1cccc(NC(=O)/C=C/c2cc(Br)cs2)c1. The van der Waals surface area contributed by atoms with E-state index in [-0.39, 0.29) is 5.91 Å². The Morgan fingerprint density at radius 1 is 1.39 bits per heavy atom. The van der Waals surface area contributed by atoms with Crippen LogP contribution in [0.4, 0.5) is 5.69 Å². The van der Waals surface area contributed by atoms with Crippen LogP contribution in [-0.2, 0) is 4.79 Å². The van der Waals surface area contributed by atoms with Crippen LogP contribution in [0.3, 0.4) is 0 Å². The third kappa shape index (κ3) is 3.82. The first-order chi connectivity index (χ1) is 8.63. The molecule has 18 heavy (non-hydrogen) atoms. The van der Waals surface area contributed by atoms with Crippen molar-refractivity contribution in [1.29, 1.82) is 0 Å². The van der Waals surface area contributed by atoms with Gasteiger partial charge < -0.3 is 5.32 Å². The summed E-state index contributed by atoms with van der Waals surface area (Å²) in [5, 5.41) is 4.81. The summed E-state index contributed by atoms with van der Waals surface area (Å²) in [4.78, 5) is 12.7. The first-order valence-corrected chi connectivity index (χ1v) is 7.10. The van der Waals surface area contributed by atoms with Crippen molar-refractivity contribution in [3.63, 3.8) is 0 Å². The lowest BCUT2D eigenvalue weighted by molar-refractivity contribution is -0.111. The minimum atomic E-state index is -0.120. The zero-order valence-electron chi connectivity index (χ0n) is 9.81. The molecule has 0 aliphatic rings. The van der Waals surface area contributed by atoms with Crippen molar-refractivity contribution in [3.8, 4) is 0 Å². The van der Waals surface area contributed by atoms with Crippen molar-refractivity contribution < 1.29 is 4.79 Å². The number of rotatable bonds is 3. The molecule has 1 aromatic heterocycles. The molecule has 0 unspecified atom stereocenters. The molecule has 1 amide bonds. The van der Waals surface area contributed by atoms with Gasteiger partial charge in [0, 0.05) is 26.5 Å². The lowest BCUT2D eigenvalue weighted by Crippen LogP contribution is -2.07. The van der Waals surface area contributed by atoms with Gasteiger partial charge in [-0.1, -0.05) is 12.1 Å². The molecule has 0 fully saturated rings. The summed E-state index contributed by atoms with van der Waals surface area (Å²) in [5.41, 5.74) is 1.94. The smallest absolute Gasteiger partial charge is 0.248 e. The summed E-state index contributed by atoms with van der Waals surface area (Å²) < 4.78 is 1.03. The molecule has 0 atom stereocenters. The van der Waals surface area contributed by atoms with Crippen molar-refractivity contribution >= 4 is 44.9 Å². The molecular weight excluding hydrogens is 310 g/mol. The third-order valence-electron chi connectivity index (χ3n) is 2.27. The fourth-order valence-corrected chi connectivity index (χ4v) is 2.82. The van der Waals surface area contributed by atoms with E-state index < -0.39 is 0 Å². The van der Waals surface area contributed by atoms with Gasteiger partial charge in [0.25, 0.3) is 0 Å². The van der Waals surface area contributed by atoms with Crippen LogP contribution in [0.5, 0.6) is 0 Å². The molecule has 0 radical (unpaired) electrons. The highest BCUT2D eigenvalue weighted by molar-refractivity contribution is 9.10. The summed E-state index contributed by atoms with van der Waals surface area (Å²) in [6, 6.07) is 9.70. The molecule has 0 aliphatic carbocycles. The number of thiophene rings is 1. The highest BCUT2D eigenvalue weighted by Crippen LogP contribution is 2.20. The maximum atomic E-state index is 11.7. The van der Waals surface area contributed by atoms with Gasteiger partial charge in [-0.15, -0.1) is 11.3 Å². The predicted molar refractivity (Wildman–Crippen MR) is 80.9 cm³/mol. The summed E-state index contributed by atoms with van der Waals surface area (Å²) in [6.45, 7) is 1.99. The first-order valence-electron chi connectivity index (χ1n) is 5.43. The molecule has 2 aromatic rings. The van der Waals surface area contributed by atoms with Gasteiger partial charge >= 0.3 is 0 Å². The van der Waals surface area contributed by atoms with Gasteiger partial charge in [0.05, 0.1) is 0 Å². The molecule has 1 N–H and O–H groups in total. The van der Waals surface area contributed by atoms with Crippen molar-refractivity contribution in [2.24, 2.45) is 0 Å². The number of anilines is 1. The Kier molecular flexibility index (Phi) is 4.33. The van der Waals surface area contributed by atoms with Gasteiger partial charge in [0.2, 0.25) is 5.91 Å². The molecule has 4 heteroatoms. The van der Waals surface area contributed by atoms with E-state index in [4.69, 9.17) is 0 Å². The number of nitrogens with one attached hydrogen (secondary N) is 1. The van der Waals surface area contributed by atoms with Crippen LogP contribution in [0.15, 0.2) is 46.3 Å².